The molecule has 0 atom stereocenters. The maximum Gasteiger partial charge on any atom is 0.319 e. The monoisotopic (exact) mass is 390 g/mol. The lowest BCUT2D eigenvalue weighted by atomic mass is 10.1. The number of hydrogen-bond acceptors (Lipinski definition) is 4. The fraction of sp³-hybridized carbons (Fsp3) is 0.333. The van der Waals surface area contributed by atoms with Crippen LogP contribution in [0.15, 0.2) is 24.4 Å². The van der Waals surface area contributed by atoms with Gasteiger partial charge in [-0.05, 0) is 23.3 Å². The van der Waals surface area contributed by atoms with Gasteiger partial charge in [-0.3, -0.25) is 4.68 Å². The summed E-state index contributed by atoms with van der Waals surface area (Å²) in [6, 6.07) is 2.74. The Morgan fingerprint density at radius 2 is 2.00 bits per heavy atom. The minimum Gasteiger partial charge on any atom is -0.334 e. The number of nitrogens with one attached hydrogen (secondary N) is 2. The van der Waals surface area contributed by atoms with Crippen molar-refractivity contribution in [1.29, 1.82) is 0 Å². The molecule has 2 N–H and O–H groups in total. The number of aromatic nitrogens is 2. The number of sulfone groups is 1. The zero-order chi connectivity index (χ0) is 19.5. The first-order chi connectivity index (χ1) is 12.0. The van der Waals surface area contributed by atoms with Crippen LogP contribution in [0.4, 0.5) is 23.7 Å². The standard InChI is InChI=1S/C15H17F3N4O3S/c1-22-7-12(13(21-22)14(17)18)20-15(23)19-6-10-5-11(16)4-3-9(10)8-26(2,24)25/h3-5,7,14H,6,8H2,1-2H3,(H2,19,20,23). The van der Waals surface area contributed by atoms with E-state index in [-0.39, 0.29) is 23.5 Å². The lowest BCUT2D eigenvalue weighted by molar-refractivity contribution is 0.146. The van der Waals surface area contributed by atoms with Crippen molar-refractivity contribution in [1.82, 2.24) is 15.1 Å². The molecule has 2 aromatic rings. The van der Waals surface area contributed by atoms with E-state index in [9.17, 15) is 26.4 Å². The quantitative estimate of drug-likeness (QED) is 0.792. The van der Waals surface area contributed by atoms with Crippen molar-refractivity contribution in [3.63, 3.8) is 0 Å². The smallest absolute Gasteiger partial charge is 0.319 e. The van der Waals surface area contributed by atoms with Crippen LogP contribution in [0.5, 0.6) is 0 Å². The summed E-state index contributed by atoms with van der Waals surface area (Å²) < 4.78 is 63.2. The van der Waals surface area contributed by atoms with Crippen LogP contribution in [-0.2, 0) is 29.2 Å². The number of anilines is 1. The zero-order valence-electron chi connectivity index (χ0n) is 14.0. The normalized spacial score (nSPS) is 11.6. The van der Waals surface area contributed by atoms with Crippen LogP contribution in [0.25, 0.3) is 0 Å². The van der Waals surface area contributed by atoms with Gasteiger partial charge >= 0.3 is 6.03 Å². The number of urea groups is 1. The lowest BCUT2D eigenvalue weighted by Gasteiger charge is -2.11. The number of alkyl halides is 2. The Bertz CT molecular complexity index is 913. The molecule has 26 heavy (non-hydrogen) atoms. The summed E-state index contributed by atoms with van der Waals surface area (Å²) in [5.41, 5.74) is -0.128. The van der Waals surface area contributed by atoms with Crippen LogP contribution >= 0.6 is 0 Å². The van der Waals surface area contributed by atoms with Crippen molar-refractivity contribution in [2.75, 3.05) is 11.6 Å². The molecule has 0 spiro atoms. The van der Waals surface area contributed by atoms with Crippen LogP contribution in [0.3, 0.4) is 0 Å². The molecule has 142 valence electrons. The zero-order valence-corrected chi connectivity index (χ0v) is 14.8. The highest BCUT2D eigenvalue weighted by Crippen LogP contribution is 2.25. The third-order valence-corrected chi connectivity index (χ3v) is 4.17. The van der Waals surface area contributed by atoms with Gasteiger partial charge in [0.1, 0.15) is 5.82 Å². The molecule has 1 aromatic carbocycles. The number of nitrogens with zero attached hydrogens (tertiary/aromatic N) is 2. The SMILES string of the molecule is Cn1cc(NC(=O)NCc2cc(F)ccc2CS(C)(=O)=O)c(C(F)F)n1. The van der Waals surface area contributed by atoms with Gasteiger partial charge in [0.2, 0.25) is 0 Å². The van der Waals surface area contributed by atoms with Gasteiger partial charge in [0.25, 0.3) is 6.43 Å². The van der Waals surface area contributed by atoms with Gasteiger partial charge in [-0.25, -0.2) is 26.4 Å². The van der Waals surface area contributed by atoms with Gasteiger partial charge in [0, 0.05) is 26.0 Å². The van der Waals surface area contributed by atoms with E-state index in [2.05, 4.69) is 15.7 Å². The molecule has 0 saturated heterocycles. The molecule has 0 aliphatic rings. The van der Waals surface area contributed by atoms with Gasteiger partial charge in [-0.15, -0.1) is 0 Å². The average molecular weight is 390 g/mol. The predicted molar refractivity (Wildman–Crippen MR) is 89.0 cm³/mol. The first kappa shape index (κ1) is 19.8. The number of carbonyl (C=O) groups is 1. The molecule has 2 rings (SSSR count). The Balaban J connectivity index is 2.09. The Kier molecular flexibility index (Phi) is 5.90. The third kappa shape index (κ3) is 5.48. The molecule has 1 heterocycles. The van der Waals surface area contributed by atoms with Crippen molar-refractivity contribution in [3.8, 4) is 0 Å². The van der Waals surface area contributed by atoms with E-state index in [4.69, 9.17) is 0 Å². The molecule has 0 radical (unpaired) electrons. The first-order valence-corrected chi connectivity index (χ1v) is 9.43. The molecule has 1 aromatic heterocycles. The van der Waals surface area contributed by atoms with Gasteiger partial charge < -0.3 is 10.6 Å². The fourth-order valence-electron chi connectivity index (χ4n) is 2.29. The van der Waals surface area contributed by atoms with E-state index in [0.29, 0.717) is 5.56 Å². The van der Waals surface area contributed by atoms with Crippen LogP contribution in [0.2, 0.25) is 0 Å². The van der Waals surface area contributed by atoms with E-state index in [0.717, 1.165) is 23.1 Å². The molecule has 0 aliphatic carbocycles. The second-order valence-electron chi connectivity index (χ2n) is 5.69. The Morgan fingerprint density at radius 1 is 1.31 bits per heavy atom. The maximum absolute atomic E-state index is 13.4. The summed E-state index contributed by atoms with van der Waals surface area (Å²) in [7, 11) is -1.93. The van der Waals surface area contributed by atoms with Gasteiger partial charge in [-0.2, -0.15) is 5.10 Å². The predicted octanol–water partition coefficient (Wildman–Crippen LogP) is 2.36. The minimum atomic E-state index is -3.36. The number of hydrogen-bond donors (Lipinski definition) is 2. The number of rotatable bonds is 6. The van der Waals surface area contributed by atoms with E-state index < -0.39 is 33.8 Å². The summed E-state index contributed by atoms with van der Waals surface area (Å²) in [6.07, 6.45) is -0.608. The highest BCUT2D eigenvalue weighted by molar-refractivity contribution is 7.89. The van der Waals surface area contributed by atoms with Crippen molar-refractivity contribution < 1.29 is 26.4 Å². The Hall–Kier alpha value is -2.56. The molecule has 7 nitrogen and oxygen atoms in total. The summed E-state index contributed by atoms with van der Waals surface area (Å²) in [5, 5.41) is 8.18. The van der Waals surface area contributed by atoms with Gasteiger partial charge in [0.05, 0.1) is 11.4 Å². The summed E-state index contributed by atoms with van der Waals surface area (Å²) in [6.45, 7) is -0.182. The molecule has 11 heteroatoms. The molecule has 0 aliphatic heterocycles. The summed E-state index contributed by atoms with van der Waals surface area (Å²) in [4.78, 5) is 11.9. The molecule has 0 unspecified atom stereocenters. The highest BCUT2D eigenvalue weighted by Gasteiger charge is 2.19. The average Bonchev–Trinajstić information content (AvgIpc) is 2.87. The van der Waals surface area contributed by atoms with E-state index in [1.165, 1.54) is 19.3 Å². The van der Waals surface area contributed by atoms with Crippen molar-refractivity contribution >= 4 is 21.6 Å². The largest absolute Gasteiger partial charge is 0.334 e. The molecular weight excluding hydrogens is 373 g/mol. The van der Waals surface area contributed by atoms with Gasteiger partial charge in [0.15, 0.2) is 15.5 Å². The first-order valence-electron chi connectivity index (χ1n) is 7.36. The molecule has 0 fully saturated rings. The Labute approximate surface area is 148 Å². The van der Waals surface area contributed by atoms with E-state index in [1.807, 2.05) is 0 Å². The molecule has 0 bridgehead atoms. The Morgan fingerprint density at radius 3 is 2.62 bits per heavy atom. The lowest BCUT2D eigenvalue weighted by Crippen LogP contribution is -2.29. The van der Waals surface area contributed by atoms with Crippen molar-refractivity contribution in [3.05, 3.63) is 47.0 Å². The number of benzene rings is 1. The number of amides is 2. The molecule has 2 amide bonds. The third-order valence-electron chi connectivity index (χ3n) is 3.34. The highest BCUT2D eigenvalue weighted by atomic mass is 32.2. The summed E-state index contributed by atoms with van der Waals surface area (Å²) >= 11 is 0. The van der Waals surface area contributed by atoms with Crippen LogP contribution in [0, 0.1) is 5.82 Å². The van der Waals surface area contributed by atoms with E-state index in [1.54, 1.807) is 0 Å². The van der Waals surface area contributed by atoms with Crippen LogP contribution < -0.4 is 10.6 Å². The number of halogens is 3. The van der Waals surface area contributed by atoms with Crippen LogP contribution in [0.1, 0.15) is 23.2 Å². The van der Waals surface area contributed by atoms with E-state index >= 15 is 0 Å². The minimum absolute atomic E-state index is 0.157. The van der Waals surface area contributed by atoms with Gasteiger partial charge in [-0.1, -0.05) is 6.07 Å². The fourth-order valence-corrected chi connectivity index (χ4v) is 3.13. The summed E-state index contributed by atoms with van der Waals surface area (Å²) in [5.74, 6) is -0.906. The van der Waals surface area contributed by atoms with Crippen molar-refractivity contribution in [2.24, 2.45) is 7.05 Å². The second-order valence-corrected chi connectivity index (χ2v) is 7.83. The topological polar surface area (TPSA) is 93.1 Å². The number of carbonyl (C=O) groups excluding carboxylic acids is 1. The van der Waals surface area contributed by atoms with Crippen LogP contribution in [-0.4, -0.2) is 30.5 Å². The number of aryl methyl sites for hydroxylation is 1. The second kappa shape index (κ2) is 7.77. The molecular formula is C15H17F3N4O3S. The molecule has 0 saturated carbocycles. The maximum atomic E-state index is 13.4. The van der Waals surface area contributed by atoms with Crippen molar-refractivity contribution in [2.45, 2.75) is 18.7 Å².